The molecule has 0 amide bonds. The first-order valence-corrected chi connectivity index (χ1v) is 6.64. The Balaban J connectivity index is 1.95. The number of methoxy groups -OCH3 is 1. The molecular formula is C15H21NO. The average molecular weight is 231 g/mol. The summed E-state index contributed by atoms with van der Waals surface area (Å²) in [5.41, 5.74) is 2.96. The maximum Gasteiger partial charge on any atom is 0.122 e. The van der Waals surface area contributed by atoms with Crippen LogP contribution < -0.4 is 4.74 Å². The topological polar surface area (TPSA) is 12.5 Å². The zero-order valence-electron chi connectivity index (χ0n) is 10.8. The molecule has 2 heteroatoms. The van der Waals surface area contributed by atoms with E-state index >= 15 is 0 Å². The second-order valence-corrected chi connectivity index (χ2v) is 5.46. The summed E-state index contributed by atoms with van der Waals surface area (Å²) in [4.78, 5) is 2.55. The van der Waals surface area contributed by atoms with Crippen LogP contribution in [0.4, 0.5) is 0 Å². The second kappa shape index (κ2) is 4.34. The van der Waals surface area contributed by atoms with Crippen LogP contribution in [0.3, 0.4) is 0 Å². The van der Waals surface area contributed by atoms with Gasteiger partial charge in [0.2, 0.25) is 0 Å². The molecule has 1 fully saturated rings. The Morgan fingerprint density at radius 2 is 2.18 bits per heavy atom. The van der Waals surface area contributed by atoms with Crippen molar-refractivity contribution >= 4 is 0 Å². The lowest BCUT2D eigenvalue weighted by Crippen LogP contribution is -2.47. The molecule has 1 aliphatic carbocycles. The van der Waals surface area contributed by atoms with Gasteiger partial charge in [-0.25, -0.2) is 0 Å². The molecule has 2 nitrogen and oxygen atoms in total. The summed E-state index contributed by atoms with van der Waals surface area (Å²) in [6.45, 7) is 1.26. The first-order chi connectivity index (χ1) is 8.29. The van der Waals surface area contributed by atoms with Gasteiger partial charge in [0.1, 0.15) is 5.75 Å². The molecule has 3 rings (SSSR count). The third-order valence-corrected chi connectivity index (χ3v) is 4.54. The quantitative estimate of drug-likeness (QED) is 0.736. The Morgan fingerprint density at radius 3 is 3.00 bits per heavy atom. The number of fused-ring (bicyclic) bond motifs is 2. The molecule has 2 atom stereocenters. The molecule has 0 aromatic heterocycles. The molecule has 1 aromatic carbocycles. The molecular weight excluding hydrogens is 210 g/mol. The van der Waals surface area contributed by atoms with Crippen molar-refractivity contribution < 1.29 is 4.74 Å². The van der Waals surface area contributed by atoms with E-state index in [1.54, 1.807) is 7.11 Å². The first kappa shape index (κ1) is 11.1. The van der Waals surface area contributed by atoms with E-state index in [1.165, 1.54) is 43.4 Å². The van der Waals surface area contributed by atoms with Crippen molar-refractivity contribution in [3.05, 3.63) is 29.3 Å². The van der Waals surface area contributed by atoms with E-state index in [1.807, 2.05) is 0 Å². The van der Waals surface area contributed by atoms with Crippen LogP contribution in [0.2, 0.25) is 0 Å². The van der Waals surface area contributed by atoms with Gasteiger partial charge in [-0.15, -0.1) is 0 Å². The summed E-state index contributed by atoms with van der Waals surface area (Å²) in [5.74, 6) is 1.92. The number of hydrogen-bond acceptors (Lipinski definition) is 2. The van der Waals surface area contributed by atoms with Gasteiger partial charge in [-0.1, -0.05) is 12.1 Å². The number of hydrogen-bond donors (Lipinski definition) is 0. The van der Waals surface area contributed by atoms with Gasteiger partial charge < -0.3 is 9.64 Å². The van der Waals surface area contributed by atoms with Crippen molar-refractivity contribution in [2.24, 2.45) is 5.92 Å². The average Bonchev–Trinajstić information content (AvgIpc) is 2.36. The molecule has 1 aromatic rings. The van der Waals surface area contributed by atoms with Crippen molar-refractivity contribution in [3.63, 3.8) is 0 Å². The molecule has 17 heavy (non-hydrogen) atoms. The second-order valence-electron chi connectivity index (χ2n) is 5.46. The van der Waals surface area contributed by atoms with Crippen LogP contribution in [0.5, 0.6) is 5.75 Å². The largest absolute Gasteiger partial charge is 0.496 e. The van der Waals surface area contributed by atoms with Crippen molar-refractivity contribution in [3.8, 4) is 5.75 Å². The third kappa shape index (κ3) is 1.85. The fourth-order valence-electron chi connectivity index (χ4n) is 3.59. The van der Waals surface area contributed by atoms with Gasteiger partial charge in [0, 0.05) is 6.04 Å². The Kier molecular flexibility index (Phi) is 2.83. The first-order valence-electron chi connectivity index (χ1n) is 6.64. The minimum absolute atomic E-state index is 0.753. The summed E-state index contributed by atoms with van der Waals surface area (Å²) >= 11 is 0. The molecule has 2 aliphatic rings. The maximum atomic E-state index is 5.51. The number of likely N-dealkylation sites (N-methyl/N-ethyl adjacent to an activating group) is 1. The van der Waals surface area contributed by atoms with Gasteiger partial charge in [-0.3, -0.25) is 0 Å². The minimum Gasteiger partial charge on any atom is -0.496 e. The minimum atomic E-state index is 0.753. The highest BCUT2D eigenvalue weighted by Gasteiger charge is 2.34. The number of likely N-dealkylation sites (tertiary alicyclic amines) is 1. The standard InChI is InChI=1S/C15H21NO/c1-16-8-4-6-12-9-13-11(10-14(12)16)5-3-7-15(13)17-2/h3,5,7,12,14H,4,6,8-10H2,1-2H3/t12-,14+/m0/s1. The summed E-state index contributed by atoms with van der Waals surface area (Å²) in [5, 5.41) is 0. The van der Waals surface area contributed by atoms with Crippen LogP contribution >= 0.6 is 0 Å². The van der Waals surface area contributed by atoms with E-state index in [9.17, 15) is 0 Å². The van der Waals surface area contributed by atoms with Gasteiger partial charge >= 0.3 is 0 Å². The Labute approximate surface area is 104 Å². The van der Waals surface area contributed by atoms with E-state index in [-0.39, 0.29) is 0 Å². The van der Waals surface area contributed by atoms with Gasteiger partial charge in [-0.2, -0.15) is 0 Å². The lowest BCUT2D eigenvalue weighted by Gasteiger charge is -2.43. The molecule has 0 N–H and O–H groups in total. The zero-order chi connectivity index (χ0) is 11.8. The van der Waals surface area contributed by atoms with E-state index in [0.717, 1.165) is 17.7 Å². The summed E-state index contributed by atoms with van der Waals surface area (Å²) < 4.78 is 5.51. The fourth-order valence-corrected chi connectivity index (χ4v) is 3.59. The smallest absolute Gasteiger partial charge is 0.122 e. The molecule has 1 saturated heterocycles. The zero-order valence-corrected chi connectivity index (χ0v) is 10.8. The van der Waals surface area contributed by atoms with E-state index in [2.05, 4.69) is 30.1 Å². The van der Waals surface area contributed by atoms with Gasteiger partial charge in [-0.05, 0) is 62.4 Å². The molecule has 92 valence electrons. The van der Waals surface area contributed by atoms with Crippen LogP contribution in [0.1, 0.15) is 24.0 Å². The summed E-state index contributed by atoms with van der Waals surface area (Å²) in [6.07, 6.45) is 5.14. The fraction of sp³-hybridized carbons (Fsp3) is 0.600. The molecule has 0 saturated carbocycles. The highest BCUT2D eigenvalue weighted by Crippen LogP contribution is 2.37. The van der Waals surface area contributed by atoms with Gasteiger partial charge in [0.15, 0.2) is 0 Å². The van der Waals surface area contributed by atoms with E-state index in [4.69, 9.17) is 4.74 Å². The molecule has 0 bridgehead atoms. The van der Waals surface area contributed by atoms with Crippen molar-refractivity contribution in [2.75, 3.05) is 20.7 Å². The summed E-state index contributed by atoms with van der Waals surface area (Å²) in [7, 11) is 4.07. The molecule has 0 spiro atoms. The number of nitrogens with zero attached hydrogens (tertiary/aromatic N) is 1. The molecule has 0 radical (unpaired) electrons. The number of rotatable bonds is 1. The van der Waals surface area contributed by atoms with Crippen molar-refractivity contribution in [2.45, 2.75) is 31.7 Å². The summed E-state index contributed by atoms with van der Waals surface area (Å²) in [6, 6.07) is 7.26. The Morgan fingerprint density at radius 1 is 1.29 bits per heavy atom. The molecule has 1 aliphatic heterocycles. The Bertz CT molecular complexity index is 415. The SMILES string of the molecule is COc1cccc2c1C[C@@H]1CCCN(C)[C@@H]1C2. The van der Waals surface area contributed by atoms with Crippen molar-refractivity contribution in [1.82, 2.24) is 4.90 Å². The number of piperidine rings is 1. The van der Waals surface area contributed by atoms with Crippen LogP contribution in [0.15, 0.2) is 18.2 Å². The lowest BCUT2D eigenvalue weighted by molar-refractivity contribution is 0.111. The van der Waals surface area contributed by atoms with Crippen molar-refractivity contribution in [1.29, 1.82) is 0 Å². The molecule has 0 unspecified atom stereocenters. The predicted octanol–water partition coefficient (Wildman–Crippen LogP) is 2.50. The third-order valence-electron chi connectivity index (χ3n) is 4.54. The van der Waals surface area contributed by atoms with Crippen LogP contribution in [0, 0.1) is 5.92 Å². The van der Waals surface area contributed by atoms with Crippen LogP contribution in [0.25, 0.3) is 0 Å². The number of ether oxygens (including phenoxy) is 1. The molecule has 1 heterocycles. The normalized spacial score (nSPS) is 28.4. The Hall–Kier alpha value is -1.02. The van der Waals surface area contributed by atoms with E-state index < -0.39 is 0 Å². The predicted molar refractivity (Wildman–Crippen MR) is 69.5 cm³/mol. The van der Waals surface area contributed by atoms with E-state index in [0.29, 0.717) is 0 Å². The highest BCUT2D eigenvalue weighted by molar-refractivity contribution is 5.43. The monoisotopic (exact) mass is 231 g/mol. The lowest BCUT2D eigenvalue weighted by atomic mass is 9.75. The highest BCUT2D eigenvalue weighted by atomic mass is 16.5. The number of benzene rings is 1. The maximum absolute atomic E-state index is 5.51. The van der Waals surface area contributed by atoms with Gasteiger partial charge in [0.05, 0.1) is 7.11 Å². The van der Waals surface area contributed by atoms with Crippen LogP contribution in [-0.2, 0) is 12.8 Å². The van der Waals surface area contributed by atoms with Gasteiger partial charge in [0.25, 0.3) is 0 Å². The van der Waals surface area contributed by atoms with Crippen LogP contribution in [-0.4, -0.2) is 31.6 Å².